The molecule has 1 saturated heterocycles. The van der Waals surface area contributed by atoms with Crippen LogP contribution in [-0.2, 0) is 6.54 Å². The van der Waals surface area contributed by atoms with Gasteiger partial charge in [0.1, 0.15) is 11.5 Å². The smallest absolute Gasteiger partial charge is 0.241 e. The quantitative estimate of drug-likeness (QED) is 0.734. The Kier molecular flexibility index (Phi) is 4.04. The van der Waals surface area contributed by atoms with Crippen molar-refractivity contribution >= 4 is 0 Å². The van der Waals surface area contributed by atoms with Crippen molar-refractivity contribution in [2.75, 3.05) is 6.54 Å². The van der Waals surface area contributed by atoms with Crippen molar-refractivity contribution in [1.82, 2.24) is 20.0 Å². The second-order valence-corrected chi connectivity index (χ2v) is 5.91. The highest BCUT2D eigenvalue weighted by Crippen LogP contribution is 2.33. The van der Waals surface area contributed by atoms with E-state index in [1.54, 1.807) is 6.20 Å². The summed E-state index contributed by atoms with van der Waals surface area (Å²) >= 11 is 0. The average molecular weight is 324 g/mol. The maximum absolute atomic E-state index is 13.1. The number of rotatable bonds is 4. The van der Waals surface area contributed by atoms with Crippen LogP contribution < -0.4 is 0 Å². The Hall–Kier alpha value is -2.60. The number of likely N-dealkylation sites (tertiary alicyclic amines) is 1. The van der Waals surface area contributed by atoms with Gasteiger partial charge in [-0.25, -0.2) is 4.39 Å². The van der Waals surface area contributed by atoms with Crippen molar-refractivity contribution in [3.63, 3.8) is 0 Å². The molecule has 0 bridgehead atoms. The minimum Gasteiger partial charge on any atom is -0.337 e. The van der Waals surface area contributed by atoms with Gasteiger partial charge in [0.15, 0.2) is 0 Å². The third-order valence-corrected chi connectivity index (χ3v) is 4.32. The molecule has 1 aliphatic rings. The molecule has 3 aromatic rings. The highest BCUT2D eigenvalue weighted by atomic mass is 19.1. The Balaban J connectivity index is 1.50. The Bertz CT molecular complexity index is 803. The molecule has 1 atom stereocenters. The lowest BCUT2D eigenvalue weighted by atomic mass is 10.0. The number of benzene rings is 1. The summed E-state index contributed by atoms with van der Waals surface area (Å²) in [6.07, 6.45) is 3.85. The maximum atomic E-state index is 13.1. The zero-order valence-electron chi connectivity index (χ0n) is 13.1. The maximum Gasteiger partial charge on any atom is 0.241 e. The fourth-order valence-corrected chi connectivity index (χ4v) is 3.17. The molecule has 1 aliphatic heterocycles. The highest BCUT2D eigenvalue weighted by Gasteiger charge is 2.27. The molecule has 2 aromatic heterocycles. The molecule has 3 heterocycles. The topological polar surface area (TPSA) is 55.1 Å². The molecular formula is C18H17FN4O. The number of aromatic nitrogens is 3. The third kappa shape index (κ3) is 3.05. The zero-order valence-corrected chi connectivity index (χ0v) is 13.1. The molecule has 0 aliphatic carbocycles. The molecule has 0 saturated carbocycles. The first-order valence-corrected chi connectivity index (χ1v) is 8.03. The van der Waals surface area contributed by atoms with Gasteiger partial charge in [-0.2, -0.15) is 4.98 Å². The van der Waals surface area contributed by atoms with Crippen LogP contribution in [0, 0.1) is 5.82 Å². The van der Waals surface area contributed by atoms with Gasteiger partial charge in [0.2, 0.25) is 11.7 Å². The first kappa shape index (κ1) is 15.0. The van der Waals surface area contributed by atoms with Crippen LogP contribution >= 0.6 is 0 Å². The summed E-state index contributed by atoms with van der Waals surface area (Å²) in [4.78, 5) is 11.0. The summed E-state index contributed by atoms with van der Waals surface area (Å²) < 4.78 is 18.5. The number of pyridine rings is 1. The Labute approximate surface area is 139 Å². The van der Waals surface area contributed by atoms with Crippen molar-refractivity contribution in [2.45, 2.75) is 25.4 Å². The van der Waals surface area contributed by atoms with Gasteiger partial charge in [-0.3, -0.25) is 9.88 Å². The van der Waals surface area contributed by atoms with Crippen LogP contribution in [0.4, 0.5) is 4.39 Å². The van der Waals surface area contributed by atoms with Crippen LogP contribution in [0.3, 0.4) is 0 Å². The molecule has 24 heavy (non-hydrogen) atoms. The Morgan fingerprint density at radius 3 is 2.83 bits per heavy atom. The molecule has 0 amide bonds. The molecule has 0 N–H and O–H groups in total. The molecule has 0 unspecified atom stereocenters. The third-order valence-electron chi connectivity index (χ3n) is 4.32. The van der Waals surface area contributed by atoms with E-state index in [-0.39, 0.29) is 11.9 Å². The number of hydrogen-bond acceptors (Lipinski definition) is 5. The zero-order chi connectivity index (χ0) is 16.4. The predicted molar refractivity (Wildman–Crippen MR) is 86.3 cm³/mol. The summed E-state index contributed by atoms with van der Waals surface area (Å²) in [6.45, 7) is 1.55. The van der Waals surface area contributed by atoms with E-state index in [0.29, 0.717) is 24.0 Å². The summed E-state index contributed by atoms with van der Waals surface area (Å²) in [5.41, 5.74) is 1.82. The van der Waals surface area contributed by atoms with Gasteiger partial charge in [-0.1, -0.05) is 23.4 Å². The van der Waals surface area contributed by atoms with E-state index in [1.807, 2.05) is 30.3 Å². The molecule has 0 spiro atoms. The fraction of sp³-hybridized carbons (Fsp3) is 0.278. The van der Waals surface area contributed by atoms with E-state index in [2.05, 4.69) is 20.0 Å². The van der Waals surface area contributed by atoms with Crippen LogP contribution in [0.1, 0.15) is 30.3 Å². The van der Waals surface area contributed by atoms with Crippen molar-refractivity contribution in [3.8, 4) is 11.5 Å². The van der Waals surface area contributed by atoms with E-state index in [0.717, 1.165) is 24.9 Å². The van der Waals surface area contributed by atoms with E-state index in [1.165, 1.54) is 12.1 Å². The van der Waals surface area contributed by atoms with Crippen LogP contribution in [-0.4, -0.2) is 26.6 Å². The van der Waals surface area contributed by atoms with Gasteiger partial charge in [-0.05, 0) is 49.2 Å². The van der Waals surface area contributed by atoms with Gasteiger partial charge < -0.3 is 4.52 Å². The van der Waals surface area contributed by atoms with Crippen LogP contribution in [0.5, 0.6) is 0 Å². The lowest BCUT2D eigenvalue weighted by Crippen LogP contribution is -2.22. The molecule has 4 rings (SSSR count). The minimum atomic E-state index is -0.208. The Morgan fingerprint density at radius 1 is 1.17 bits per heavy atom. The van der Waals surface area contributed by atoms with Crippen LogP contribution in [0.25, 0.3) is 11.5 Å². The molecule has 0 radical (unpaired) electrons. The summed E-state index contributed by atoms with van der Waals surface area (Å²) in [7, 11) is 0. The van der Waals surface area contributed by atoms with E-state index < -0.39 is 0 Å². The lowest BCUT2D eigenvalue weighted by molar-refractivity contribution is 0.212. The summed E-state index contributed by atoms with van der Waals surface area (Å²) in [6, 6.07) is 12.6. The van der Waals surface area contributed by atoms with Crippen molar-refractivity contribution in [3.05, 3.63) is 65.9 Å². The van der Waals surface area contributed by atoms with Gasteiger partial charge in [0.05, 0.1) is 6.54 Å². The average Bonchev–Trinajstić information content (AvgIpc) is 3.27. The first-order valence-electron chi connectivity index (χ1n) is 8.03. The lowest BCUT2D eigenvalue weighted by Gasteiger charge is -2.23. The van der Waals surface area contributed by atoms with E-state index >= 15 is 0 Å². The summed E-state index contributed by atoms with van der Waals surface area (Å²) in [5, 5.41) is 4.01. The number of hydrogen-bond donors (Lipinski definition) is 0. The molecule has 6 heteroatoms. The minimum absolute atomic E-state index is 0.208. The van der Waals surface area contributed by atoms with Crippen LogP contribution in [0.15, 0.2) is 53.2 Å². The number of nitrogens with zero attached hydrogens (tertiary/aromatic N) is 4. The predicted octanol–water partition coefficient (Wildman–Crippen LogP) is 3.61. The van der Waals surface area contributed by atoms with Crippen molar-refractivity contribution in [2.24, 2.45) is 0 Å². The van der Waals surface area contributed by atoms with Crippen molar-refractivity contribution < 1.29 is 8.91 Å². The monoisotopic (exact) mass is 324 g/mol. The van der Waals surface area contributed by atoms with Gasteiger partial charge in [-0.15, -0.1) is 0 Å². The van der Waals surface area contributed by atoms with Gasteiger partial charge in [0.25, 0.3) is 0 Å². The second-order valence-electron chi connectivity index (χ2n) is 5.91. The molecule has 5 nitrogen and oxygen atoms in total. The van der Waals surface area contributed by atoms with Crippen molar-refractivity contribution in [1.29, 1.82) is 0 Å². The second kappa shape index (κ2) is 6.49. The van der Waals surface area contributed by atoms with Gasteiger partial charge in [0, 0.05) is 12.2 Å². The first-order chi connectivity index (χ1) is 11.8. The molecular weight excluding hydrogens is 307 g/mol. The van der Waals surface area contributed by atoms with Gasteiger partial charge >= 0.3 is 0 Å². The normalized spacial score (nSPS) is 18.1. The molecule has 1 aromatic carbocycles. The molecule has 122 valence electrons. The standard InChI is InChI=1S/C18H17FN4O/c19-14-8-6-13(7-9-14)16-5-3-11-23(16)12-17-21-18(22-24-17)15-4-1-2-10-20-15/h1-2,4,6-10,16H,3,5,11-12H2/t16-/m1/s1. The highest BCUT2D eigenvalue weighted by molar-refractivity contribution is 5.47. The number of halogens is 1. The van der Waals surface area contributed by atoms with Crippen LogP contribution in [0.2, 0.25) is 0 Å². The Morgan fingerprint density at radius 2 is 2.04 bits per heavy atom. The SMILES string of the molecule is Fc1ccc([C@H]2CCCN2Cc2nc(-c3ccccn3)no2)cc1. The fourth-order valence-electron chi connectivity index (χ4n) is 3.17. The largest absolute Gasteiger partial charge is 0.337 e. The molecule has 1 fully saturated rings. The van der Waals surface area contributed by atoms with E-state index in [9.17, 15) is 4.39 Å². The van der Waals surface area contributed by atoms with E-state index in [4.69, 9.17) is 4.52 Å². The summed E-state index contributed by atoms with van der Waals surface area (Å²) in [5.74, 6) is 0.869.